The molecule has 0 amide bonds. The highest BCUT2D eigenvalue weighted by Gasteiger charge is 2.05. The van der Waals surface area contributed by atoms with Gasteiger partial charge in [-0.3, -0.25) is 0 Å². The van der Waals surface area contributed by atoms with Crippen LogP contribution in [0.4, 0.5) is 0 Å². The van der Waals surface area contributed by atoms with E-state index < -0.39 is 0 Å². The van der Waals surface area contributed by atoms with Crippen molar-refractivity contribution in [2.45, 2.75) is 27.2 Å². The van der Waals surface area contributed by atoms with Crippen LogP contribution in [0.2, 0.25) is 0 Å². The highest BCUT2D eigenvalue weighted by atomic mass is 14.5. The van der Waals surface area contributed by atoms with Gasteiger partial charge in [0.15, 0.2) is 0 Å². The summed E-state index contributed by atoms with van der Waals surface area (Å²) in [5.74, 6) is 0.555. The van der Waals surface area contributed by atoms with Gasteiger partial charge in [0.05, 0.1) is 0 Å². The molecule has 0 radical (unpaired) electrons. The van der Waals surface area contributed by atoms with E-state index >= 15 is 0 Å². The molecule has 0 unspecified atom stereocenters. The topological polar surface area (TPSA) is 26.0 Å². The SMILES string of the molecule is Cc1ccc(/C(=C/CCN)C(C)C)cc1. The van der Waals surface area contributed by atoms with Gasteiger partial charge in [-0.25, -0.2) is 0 Å². The molecule has 0 aliphatic heterocycles. The van der Waals surface area contributed by atoms with Gasteiger partial charge >= 0.3 is 0 Å². The van der Waals surface area contributed by atoms with Crippen molar-refractivity contribution in [3.05, 3.63) is 41.5 Å². The van der Waals surface area contributed by atoms with Crippen LogP contribution in [0.15, 0.2) is 30.3 Å². The van der Waals surface area contributed by atoms with E-state index in [0.29, 0.717) is 5.92 Å². The van der Waals surface area contributed by atoms with Gasteiger partial charge in [-0.15, -0.1) is 0 Å². The second-order valence-corrected chi connectivity index (χ2v) is 4.26. The lowest BCUT2D eigenvalue weighted by Gasteiger charge is -2.12. The Balaban J connectivity index is 2.94. The molecule has 0 bridgehead atoms. The van der Waals surface area contributed by atoms with Crippen molar-refractivity contribution in [1.82, 2.24) is 0 Å². The monoisotopic (exact) mass is 203 g/mol. The standard InChI is InChI=1S/C14H21N/c1-11(2)14(5-4-10-15)13-8-6-12(3)7-9-13/h5-9,11H,4,10,15H2,1-3H3/b14-5+. The molecule has 0 saturated carbocycles. The lowest BCUT2D eigenvalue weighted by Crippen LogP contribution is -1.99. The fourth-order valence-corrected chi connectivity index (χ4v) is 1.67. The minimum Gasteiger partial charge on any atom is -0.330 e. The Labute approximate surface area is 93.0 Å². The van der Waals surface area contributed by atoms with Crippen LogP contribution < -0.4 is 5.73 Å². The molecule has 82 valence electrons. The van der Waals surface area contributed by atoms with Crippen molar-refractivity contribution in [2.24, 2.45) is 11.7 Å². The number of hydrogen-bond donors (Lipinski definition) is 1. The largest absolute Gasteiger partial charge is 0.330 e. The summed E-state index contributed by atoms with van der Waals surface area (Å²) in [6.07, 6.45) is 3.22. The number of hydrogen-bond acceptors (Lipinski definition) is 1. The Morgan fingerprint density at radius 1 is 1.27 bits per heavy atom. The molecule has 0 aromatic heterocycles. The molecule has 1 heteroatoms. The van der Waals surface area contributed by atoms with Gasteiger partial charge in [-0.05, 0) is 36.9 Å². The maximum absolute atomic E-state index is 5.53. The van der Waals surface area contributed by atoms with Crippen molar-refractivity contribution >= 4 is 5.57 Å². The number of allylic oxidation sites excluding steroid dienone is 1. The fraction of sp³-hybridized carbons (Fsp3) is 0.429. The Hall–Kier alpha value is -1.08. The average Bonchev–Trinajstić information content (AvgIpc) is 2.21. The fourth-order valence-electron chi connectivity index (χ4n) is 1.67. The maximum Gasteiger partial charge on any atom is -0.00424 e. The minimum absolute atomic E-state index is 0.555. The van der Waals surface area contributed by atoms with E-state index in [2.05, 4.69) is 51.1 Å². The van der Waals surface area contributed by atoms with Crippen molar-refractivity contribution < 1.29 is 0 Å². The third kappa shape index (κ3) is 3.52. The van der Waals surface area contributed by atoms with Gasteiger partial charge < -0.3 is 5.73 Å². The molecule has 0 aliphatic rings. The van der Waals surface area contributed by atoms with E-state index in [0.717, 1.165) is 13.0 Å². The summed E-state index contributed by atoms with van der Waals surface area (Å²) in [6.45, 7) is 7.29. The third-order valence-electron chi connectivity index (χ3n) is 2.54. The summed E-state index contributed by atoms with van der Waals surface area (Å²) in [5, 5.41) is 0. The van der Waals surface area contributed by atoms with E-state index in [1.165, 1.54) is 16.7 Å². The number of nitrogens with two attached hydrogens (primary N) is 1. The zero-order valence-electron chi connectivity index (χ0n) is 9.96. The number of rotatable bonds is 4. The molecular weight excluding hydrogens is 182 g/mol. The quantitative estimate of drug-likeness (QED) is 0.797. The van der Waals surface area contributed by atoms with Crippen LogP contribution >= 0.6 is 0 Å². The first-order chi connectivity index (χ1) is 7.15. The summed E-state index contributed by atoms with van der Waals surface area (Å²) >= 11 is 0. The van der Waals surface area contributed by atoms with E-state index in [1.54, 1.807) is 0 Å². The Kier molecular flexibility index (Phi) is 4.57. The lowest BCUT2D eigenvalue weighted by atomic mass is 9.94. The zero-order valence-corrected chi connectivity index (χ0v) is 9.96. The first-order valence-electron chi connectivity index (χ1n) is 5.62. The summed E-state index contributed by atoms with van der Waals surface area (Å²) < 4.78 is 0. The Morgan fingerprint density at radius 2 is 1.87 bits per heavy atom. The smallest absolute Gasteiger partial charge is 0.00424 e. The highest BCUT2D eigenvalue weighted by Crippen LogP contribution is 2.23. The lowest BCUT2D eigenvalue weighted by molar-refractivity contribution is 0.846. The van der Waals surface area contributed by atoms with Crippen molar-refractivity contribution in [2.75, 3.05) is 6.54 Å². The van der Waals surface area contributed by atoms with E-state index in [-0.39, 0.29) is 0 Å². The molecule has 0 spiro atoms. The molecule has 1 aromatic rings. The van der Waals surface area contributed by atoms with Crippen LogP contribution in [0.5, 0.6) is 0 Å². The van der Waals surface area contributed by atoms with Gasteiger partial charge in [0.1, 0.15) is 0 Å². The zero-order chi connectivity index (χ0) is 11.3. The van der Waals surface area contributed by atoms with Gasteiger partial charge in [-0.1, -0.05) is 49.8 Å². The van der Waals surface area contributed by atoms with Crippen LogP contribution in [0.1, 0.15) is 31.4 Å². The van der Waals surface area contributed by atoms with E-state index in [9.17, 15) is 0 Å². The molecule has 0 aliphatic carbocycles. The Bertz CT molecular complexity index is 320. The average molecular weight is 203 g/mol. The van der Waals surface area contributed by atoms with Crippen LogP contribution in [0.3, 0.4) is 0 Å². The summed E-state index contributed by atoms with van der Waals surface area (Å²) in [6, 6.07) is 8.71. The van der Waals surface area contributed by atoms with Gasteiger partial charge in [0, 0.05) is 0 Å². The third-order valence-corrected chi connectivity index (χ3v) is 2.54. The molecule has 1 aromatic carbocycles. The normalized spacial score (nSPS) is 12.2. The predicted octanol–water partition coefficient (Wildman–Crippen LogP) is 3.38. The minimum atomic E-state index is 0.555. The molecule has 2 N–H and O–H groups in total. The molecule has 15 heavy (non-hydrogen) atoms. The van der Waals surface area contributed by atoms with Crippen LogP contribution in [0.25, 0.3) is 5.57 Å². The maximum atomic E-state index is 5.53. The molecule has 0 saturated heterocycles. The van der Waals surface area contributed by atoms with E-state index in [4.69, 9.17) is 5.73 Å². The highest BCUT2D eigenvalue weighted by molar-refractivity contribution is 5.67. The predicted molar refractivity (Wildman–Crippen MR) is 67.7 cm³/mol. The first-order valence-corrected chi connectivity index (χ1v) is 5.62. The summed E-state index contributed by atoms with van der Waals surface area (Å²) in [4.78, 5) is 0. The summed E-state index contributed by atoms with van der Waals surface area (Å²) in [7, 11) is 0. The second-order valence-electron chi connectivity index (χ2n) is 4.26. The van der Waals surface area contributed by atoms with Crippen LogP contribution in [0, 0.1) is 12.8 Å². The van der Waals surface area contributed by atoms with Crippen molar-refractivity contribution in [1.29, 1.82) is 0 Å². The number of benzene rings is 1. The molecule has 1 rings (SSSR count). The molecular formula is C14H21N. The van der Waals surface area contributed by atoms with Crippen LogP contribution in [-0.4, -0.2) is 6.54 Å². The number of aryl methyl sites for hydroxylation is 1. The second kappa shape index (κ2) is 5.72. The molecule has 0 fully saturated rings. The Morgan fingerprint density at radius 3 is 2.33 bits per heavy atom. The van der Waals surface area contributed by atoms with Crippen molar-refractivity contribution in [3.8, 4) is 0 Å². The molecule has 0 heterocycles. The van der Waals surface area contributed by atoms with Gasteiger partial charge in [0.2, 0.25) is 0 Å². The van der Waals surface area contributed by atoms with Gasteiger partial charge in [-0.2, -0.15) is 0 Å². The van der Waals surface area contributed by atoms with Crippen molar-refractivity contribution in [3.63, 3.8) is 0 Å². The van der Waals surface area contributed by atoms with Crippen LogP contribution in [-0.2, 0) is 0 Å². The first kappa shape index (κ1) is 12.0. The molecule has 0 atom stereocenters. The summed E-state index contributed by atoms with van der Waals surface area (Å²) in [5.41, 5.74) is 9.57. The van der Waals surface area contributed by atoms with E-state index in [1.807, 2.05) is 0 Å². The van der Waals surface area contributed by atoms with Gasteiger partial charge in [0.25, 0.3) is 0 Å². The molecule has 1 nitrogen and oxygen atoms in total.